The first kappa shape index (κ1) is 15.5. The highest BCUT2D eigenvalue weighted by molar-refractivity contribution is 5.19. The predicted octanol–water partition coefficient (Wildman–Crippen LogP) is 3.72. The van der Waals surface area contributed by atoms with Crippen LogP contribution < -0.4 is 5.32 Å². The average Bonchev–Trinajstić information content (AvgIpc) is 2.44. The van der Waals surface area contributed by atoms with Crippen molar-refractivity contribution < 1.29 is 4.74 Å². The second-order valence-corrected chi connectivity index (χ2v) is 6.67. The van der Waals surface area contributed by atoms with Gasteiger partial charge in [0.15, 0.2) is 0 Å². The van der Waals surface area contributed by atoms with Gasteiger partial charge < -0.3 is 10.1 Å². The zero-order chi connectivity index (χ0) is 14.6. The van der Waals surface area contributed by atoms with E-state index in [9.17, 15) is 0 Å². The van der Waals surface area contributed by atoms with Gasteiger partial charge in [0.1, 0.15) is 0 Å². The molecule has 1 aromatic rings. The lowest BCUT2D eigenvalue weighted by Crippen LogP contribution is -2.49. The Kier molecular flexibility index (Phi) is 4.82. The molecule has 0 radical (unpaired) electrons. The Bertz CT molecular complexity index is 406. The molecule has 1 aromatic heterocycles. The van der Waals surface area contributed by atoms with Crippen LogP contribution in [0.4, 0.5) is 0 Å². The summed E-state index contributed by atoms with van der Waals surface area (Å²) in [5.74, 6) is 0. The zero-order valence-electron chi connectivity index (χ0n) is 13.3. The van der Waals surface area contributed by atoms with Crippen molar-refractivity contribution in [1.82, 2.24) is 10.3 Å². The van der Waals surface area contributed by atoms with Gasteiger partial charge in [-0.05, 0) is 56.7 Å². The quantitative estimate of drug-likeness (QED) is 0.890. The lowest BCUT2D eigenvalue weighted by atomic mass is 9.67. The van der Waals surface area contributed by atoms with Crippen LogP contribution in [0.1, 0.15) is 58.1 Å². The molecule has 20 heavy (non-hydrogen) atoms. The fourth-order valence-electron chi connectivity index (χ4n) is 3.43. The van der Waals surface area contributed by atoms with Gasteiger partial charge in [-0.25, -0.2) is 0 Å². The number of hydrogen-bond donors (Lipinski definition) is 1. The summed E-state index contributed by atoms with van der Waals surface area (Å²) < 4.78 is 6.28. The van der Waals surface area contributed by atoms with Crippen molar-refractivity contribution in [2.75, 3.05) is 13.7 Å². The van der Waals surface area contributed by atoms with Crippen LogP contribution in [-0.4, -0.2) is 24.2 Å². The van der Waals surface area contributed by atoms with Crippen molar-refractivity contribution >= 4 is 0 Å². The van der Waals surface area contributed by atoms with Crippen LogP contribution >= 0.6 is 0 Å². The molecule has 1 fully saturated rings. The van der Waals surface area contributed by atoms with Crippen LogP contribution in [0.5, 0.6) is 0 Å². The minimum Gasteiger partial charge on any atom is -0.373 e. The predicted molar refractivity (Wildman–Crippen MR) is 82.6 cm³/mol. The third-order valence-electron chi connectivity index (χ3n) is 4.71. The highest BCUT2D eigenvalue weighted by Gasteiger charge is 2.44. The van der Waals surface area contributed by atoms with Gasteiger partial charge >= 0.3 is 0 Å². The molecule has 0 aromatic carbocycles. The van der Waals surface area contributed by atoms with E-state index in [0.29, 0.717) is 5.41 Å². The first-order chi connectivity index (χ1) is 9.53. The monoisotopic (exact) mass is 276 g/mol. The van der Waals surface area contributed by atoms with E-state index in [2.05, 4.69) is 37.1 Å². The molecule has 3 heteroatoms. The molecule has 0 amide bonds. The number of rotatable bonds is 5. The van der Waals surface area contributed by atoms with E-state index in [1.54, 1.807) is 0 Å². The Balaban J connectivity index is 2.27. The molecule has 1 aliphatic carbocycles. The van der Waals surface area contributed by atoms with Crippen molar-refractivity contribution in [2.24, 2.45) is 5.41 Å². The van der Waals surface area contributed by atoms with Crippen molar-refractivity contribution in [3.05, 3.63) is 30.1 Å². The second-order valence-electron chi connectivity index (χ2n) is 6.67. The van der Waals surface area contributed by atoms with Crippen molar-refractivity contribution in [3.8, 4) is 0 Å². The van der Waals surface area contributed by atoms with Crippen LogP contribution in [0.15, 0.2) is 24.5 Å². The second kappa shape index (κ2) is 6.23. The summed E-state index contributed by atoms with van der Waals surface area (Å²) in [4.78, 5) is 4.27. The number of likely N-dealkylation sites (N-methyl/N-ethyl adjacent to an activating group) is 1. The summed E-state index contributed by atoms with van der Waals surface area (Å²) in [5, 5.41) is 3.48. The number of pyridine rings is 1. The Labute approximate surface area is 123 Å². The highest BCUT2D eigenvalue weighted by atomic mass is 16.5. The maximum absolute atomic E-state index is 6.28. The summed E-state index contributed by atoms with van der Waals surface area (Å²) >= 11 is 0. The molecule has 1 aliphatic rings. The maximum atomic E-state index is 6.28. The topological polar surface area (TPSA) is 34.1 Å². The molecule has 1 saturated carbocycles. The van der Waals surface area contributed by atoms with Crippen LogP contribution in [0.2, 0.25) is 0 Å². The molecule has 1 N–H and O–H groups in total. The standard InChI is InChI=1S/C17H28N2O/c1-5-20-17(10-8-16(2,3)9-11-17)15(18-4)14-7-6-12-19-13-14/h6-7,12-13,15,18H,5,8-11H2,1-4H3. The van der Waals surface area contributed by atoms with Crippen molar-refractivity contribution in [2.45, 2.75) is 58.1 Å². The Morgan fingerprint density at radius 2 is 2.00 bits per heavy atom. The summed E-state index contributed by atoms with van der Waals surface area (Å²) in [5.41, 5.74) is 1.57. The van der Waals surface area contributed by atoms with Crippen LogP contribution in [0, 0.1) is 5.41 Å². The SMILES string of the molecule is CCOC1(C(NC)c2cccnc2)CCC(C)(C)CC1. The van der Waals surface area contributed by atoms with Crippen LogP contribution in [0.3, 0.4) is 0 Å². The van der Waals surface area contributed by atoms with Crippen LogP contribution in [0.25, 0.3) is 0 Å². The van der Waals surface area contributed by atoms with E-state index in [0.717, 1.165) is 19.4 Å². The molecule has 1 heterocycles. The van der Waals surface area contributed by atoms with Gasteiger partial charge in [-0.15, -0.1) is 0 Å². The normalized spacial score (nSPS) is 22.4. The summed E-state index contributed by atoms with van der Waals surface area (Å²) in [6.07, 6.45) is 8.43. The van der Waals surface area contributed by atoms with E-state index in [-0.39, 0.29) is 11.6 Å². The zero-order valence-corrected chi connectivity index (χ0v) is 13.3. The minimum atomic E-state index is -0.0952. The first-order valence-electron chi connectivity index (χ1n) is 7.74. The molecule has 2 rings (SSSR count). The van der Waals surface area contributed by atoms with Gasteiger partial charge in [0.2, 0.25) is 0 Å². The number of nitrogens with zero attached hydrogens (tertiary/aromatic N) is 1. The minimum absolute atomic E-state index is 0.0952. The van der Waals surface area contributed by atoms with Crippen molar-refractivity contribution in [3.63, 3.8) is 0 Å². The van der Waals surface area contributed by atoms with E-state index < -0.39 is 0 Å². The Hall–Kier alpha value is -0.930. The number of nitrogens with one attached hydrogen (secondary N) is 1. The Morgan fingerprint density at radius 1 is 1.30 bits per heavy atom. The molecule has 1 unspecified atom stereocenters. The van der Waals surface area contributed by atoms with Gasteiger partial charge in [-0.3, -0.25) is 4.98 Å². The molecule has 0 spiro atoms. The molecule has 0 bridgehead atoms. The van der Waals surface area contributed by atoms with Gasteiger partial charge in [0.05, 0.1) is 11.6 Å². The van der Waals surface area contributed by atoms with E-state index in [1.165, 1.54) is 18.4 Å². The van der Waals surface area contributed by atoms with Gasteiger partial charge in [-0.2, -0.15) is 0 Å². The summed E-state index contributed by atoms with van der Waals surface area (Å²) in [7, 11) is 2.03. The molecule has 3 nitrogen and oxygen atoms in total. The molecular formula is C17H28N2O. The van der Waals surface area contributed by atoms with Crippen molar-refractivity contribution in [1.29, 1.82) is 0 Å². The Morgan fingerprint density at radius 3 is 2.50 bits per heavy atom. The first-order valence-corrected chi connectivity index (χ1v) is 7.74. The summed E-state index contributed by atoms with van der Waals surface area (Å²) in [6.45, 7) is 7.58. The fraction of sp³-hybridized carbons (Fsp3) is 0.706. The third-order valence-corrected chi connectivity index (χ3v) is 4.71. The van der Waals surface area contributed by atoms with Crippen LogP contribution in [-0.2, 0) is 4.74 Å². The van der Waals surface area contributed by atoms with Gasteiger partial charge in [0, 0.05) is 19.0 Å². The lowest BCUT2D eigenvalue weighted by molar-refractivity contribution is -0.106. The molecule has 1 atom stereocenters. The maximum Gasteiger partial charge on any atom is 0.0877 e. The molecule has 112 valence electrons. The van der Waals surface area contributed by atoms with E-state index >= 15 is 0 Å². The third kappa shape index (κ3) is 3.21. The number of hydrogen-bond acceptors (Lipinski definition) is 3. The molecular weight excluding hydrogens is 248 g/mol. The van der Waals surface area contributed by atoms with E-state index in [4.69, 9.17) is 4.74 Å². The van der Waals surface area contributed by atoms with Gasteiger partial charge in [0.25, 0.3) is 0 Å². The lowest BCUT2D eigenvalue weighted by Gasteiger charge is -2.47. The van der Waals surface area contributed by atoms with E-state index in [1.807, 2.05) is 25.5 Å². The average molecular weight is 276 g/mol. The highest BCUT2D eigenvalue weighted by Crippen LogP contribution is 2.47. The molecule has 0 aliphatic heterocycles. The number of aromatic nitrogens is 1. The summed E-state index contributed by atoms with van der Waals surface area (Å²) in [6, 6.07) is 4.37. The molecule has 0 saturated heterocycles. The smallest absolute Gasteiger partial charge is 0.0877 e. The number of ether oxygens (including phenoxy) is 1. The fourth-order valence-corrected chi connectivity index (χ4v) is 3.43. The largest absolute Gasteiger partial charge is 0.373 e. The van der Waals surface area contributed by atoms with Gasteiger partial charge in [-0.1, -0.05) is 19.9 Å².